The Morgan fingerprint density at radius 3 is 2.81 bits per heavy atom. The molecule has 5 nitrogen and oxygen atoms in total. The summed E-state index contributed by atoms with van der Waals surface area (Å²) < 4.78 is 5.01. The molecule has 0 amide bonds. The lowest BCUT2D eigenvalue weighted by Crippen LogP contribution is -1.99. The molecule has 1 aromatic carbocycles. The van der Waals surface area contributed by atoms with Crippen LogP contribution in [0.3, 0.4) is 0 Å². The molecule has 2 N–H and O–H groups in total. The Hall–Kier alpha value is -2.30. The summed E-state index contributed by atoms with van der Waals surface area (Å²) in [4.78, 5) is 22.4. The third-order valence-corrected chi connectivity index (χ3v) is 3.59. The minimum absolute atomic E-state index is 0.000200. The van der Waals surface area contributed by atoms with Crippen LogP contribution in [0.1, 0.15) is 18.4 Å². The van der Waals surface area contributed by atoms with Gasteiger partial charge in [-0.3, -0.25) is 9.59 Å². The first-order chi connectivity index (χ1) is 10.0. The van der Waals surface area contributed by atoms with E-state index in [1.165, 1.54) is 19.3 Å². The average Bonchev–Trinajstić information content (AvgIpc) is 3.24. The van der Waals surface area contributed by atoms with E-state index in [0.717, 1.165) is 5.56 Å². The summed E-state index contributed by atoms with van der Waals surface area (Å²) in [5.41, 5.74) is 0.904. The number of carbonyl (C=O) groups excluding carboxylic acids is 1. The number of hydrogen-bond donors (Lipinski definition) is 2. The summed E-state index contributed by atoms with van der Waals surface area (Å²) in [5.74, 6) is -0.694. The van der Waals surface area contributed by atoms with Crippen LogP contribution >= 0.6 is 0 Å². The van der Waals surface area contributed by atoms with Gasteiger partial charge in [-0.15, -0.1) is 0 Å². The van der Waals surface area contributed by atoms with Gasteiger partial charge in [0.05, 0.1) is 13.0 Å². The van der Waals surface area contributed by atoms with E-state index in [4.69, 9.17) is 9.84 Å². The van der Waals surface area contributed by atoms with Crippen LogP contribution in [-0.2, 0) is 16.0 Å². The number of carbonyl (C=O) groups is 2. The third kappa shape index (κ3) is 4.08. The number of aliphatic carboxylic acids is 1. The summed E-state index contributed by atoms with van der Waals surface area (Å²) in [5, 5.41) is 18.2. The number of carboxylic acid groups (broad SMARTS) is 1. The monoisotopic (exact) mass is 290 g/mol. The predicted molar refractivity (Wildman–Crippen MR) is 76.4 cm³/mol. The van der Waals surface area contributed by atoms with Crippen molar-refractivity contribution in [2.75, 3.05) is 7.11 Å². The van der Waals surface area contributed by atoms with Crippen molar-refractivity contribution >= 4 is 11.8 Å². The highest BCUT2D eigenvalue weighted by atomic mass is 16.5. The molecule has 0 aliphatic heterocycles. The number of rotatable bonds is 7. The largest absolute Gasteiger partial charge is 0.504 e. The van der Waals surface area contributed by atoms with Gasteiger partial charge in [-0.2, -0.15) is 0 Å². The highest BCUT2D eigenvalue weighted by Crippen LogP contribution is 2.39. The Balaban J connectivity index is 1.82. The molecule has 0 aromatic heterocycles. The molecular weight excluding hydrogens is 272 g/mol. The molecule has 1 saturated carbocycles. The van der Waals surface area contributed by atoms with Crippen LogP contribution in [-0.4, -0.2) is 29.1 Å². The number of ether oxygens (including phenoxy) is 1. The van der Waals surface area contributed by atoms with Crippen molar-refractivity contribution in [1.82, 2.24) is 0 Å². The van der Waals surface area contributed by atoms with Crippen LogP contribution in [0.25, 0.3) is 0 Å². The number of benzene rings is 1. The molecule has 21 heavy (non-hydrogen) atoms. The topological polar surface area (TPSA) is 83.8 Å². The number of methoxy groups -OCH3 is 1. The average molecular weight is 290 g/mol. The molecule has 1 aliphatic rings. The molecule has 2 unspecified atom stereocenters. The smallest absolute Gasteiger partial charge is 0.307 e. The van der Waals surface area contributed by atoms with E-state index in [0.29, 0.717) is 25.0 Å². The normalized spacial score (nSPS) is 20.4. The van der Waals surface area contributed by atoms with E-state index in [1.807, 2.05) is 0 Å². The maximum atomic E-state index is 11.7. The molecular formula is C16H18O5. The highest BCUT2D eigenvalue weighted by molar-refractivity contribution is 5.90. The minimum Gasteiger partial charge on any atom is -0.504 e. The molecule has 2 rings (SSSR count). The van der Waals surface area contributed by atoms with Gasteiger partial charge in [-0.25, -0.2) is 0 Å². The zero-order valence-electron chi connectivity index (χ0n) is 11.8. The van der Waals surface area contributed by atoms with Gasteiger partial charge in [-0.05, 0) is 42.5 Å². The first kappa shape index (κ1) is 15.1. The fraction of sp³-hybridized carbons (Fsp3) is 0.375. The molecule has 1 aliphatic carbocycles. The molecule has 2 atom stereocenters. The summed E-state index contributed by atoms with van der Waals surface area (Å²) in [6, 6.07) is 4.99. The standard InChI is InChI=1S/C16H18O5/c1-21-15-8-10(3-7-14(15)18)2-5-12(17)6-4-11-9-13(11)16(19)20/h3-4,6-8,11,13,18H,2,5,9H2,1H3,(H,19,20)/b6-4+. The molecule has 112 valence electrons. The number of hydrogen-bond acceptors (Lipinski definition) is 4. The van der Waals surface area contributed by atoms with Crippen LogP contribution in [0.4, 0.5) is 0 Å². The zero-order chi connectivity index (χ0) is 15.4. The highest BCUT2D eigenvalue weighted by Gasteiger charge is 2.41. The number of carboxylic acids is 1. The number of ketones is 1. The van der Waals surface area contributed by atoms with Crippen molar-refractivity contribution in [3.05, 3.63) is 35.9 Å². The fourth-order valence-electron chi connectivity index (χ4n) is 2.17. The first-order valence-electron chi connectivity index (χ1n) is 6.81. The zero-order valence-corrected chi connectivity index (χ0v) is 11.8. The third-order valence-electron chi connectivity index (χ3n) is 3.59. The molecule has 5 heteroatoms. The van der Waals surface area contributed by atoms with Crippen molar-refractivity contribution in [3.8, 4) is 11.5 Å². The first-order valence-corrected chi connectivity index (χ1v) is 6.81. The van der Waals surface area contributed by atoms with E-state index in [9.17, 15) is 14.7 Å². The predicted octanol–water partition coefficient (Wildman–Crippen LogP) is 2.18. The number of phenolic OH excluding ortho intramolecular Hbond substituents is 1. The number of aryl methyl sites for hydroxylation is 1. The number of aromatic hydroxyl groups is 1. The molecule has 0 spiro atoms. The van der Waals surface area contributed by atoms with Crippen LogP contribution in [0, 0.1) is 11.8 Å². The second kappa shape index (κ2) is 6.43. The van der Waals surface area contributed by atoms with Gasteiger partial charge in [0.2, 0.25) is 0 Å². The van der Waals surface area contributed by atoms with Crippen molar-refractivity contribution < 1.29 is 24.5 Å². The molecule has 0 radical (unpaired) electrons. The van der Waals surface area contributed by atoms with Crippen molar-refractivity contribution in [2.45, 2.75) is 19.3 Å². The van der Waals surface area contributed by atoms with Crippen LogP contribution < -0.4 is 4.74 Å². The van der Waals surface area contributed by atoms with Crippen molar-refractivity contribution in [3.63, 3.8) is 0 Å². The van der Waals surface area contributed by atoms with Crippen LogP contribution in [0.2, 0.25) is 0 Å². The minimum atomic E-state index is -0.798. The van der Waals surface area contributed by atoms with Gasteiger partial charge in [0.1, 0.15) is 0 Å². The summed E-state index contributed by atoms with van der Waals surface area (Å²) in [6.07, 6.45) is 4.68. The van der Waals surface area contributed by atoms with E-state index < -0.39 is 5.97 Å². The Morgan fingerprint density at radius 2 is 2.19 bits per heavy atom. The maximum Gasteiger partial charge on any atom is 0.307 e. The van der Waals surface area contributed by atoms with E-state index in [-0.39, 0.29) is 23.4 Å². The summed E-state index contributed by atoms with van der Waals surface area (Å²) in [6.45, 7) is 0. The summed E-state index contributed by atoms with van der Waals surface area (Å²) >= 11 is 0. The van der Waals surface area contributed by atoms with Crippen LogP contribution in [0.5, 0.6) is 11.5 Å². The van der Waals surface area contributed by atoms with Crippen LogP contribution in [0.15, 0.2) is 30.4 Å². The molecule has 0 heterocycles. The van der Waals surface area contributed by atoms with E-state index in [2.05, 4.69) is 0 Å². The lowest BCUT2D eigenvalue weighted by molar-refractivity contribution is -0.138. The molecule has 1 fully saturated rings. The second-order valence-electron chi connectivity index (χ2n) is 5.18. The fourth-order valence-corrected chi connectivity index (χ4v) is 2.17. The Bertz CT molecular complexity index is 576. The van der Waals surface area contributed by atoms with Crippen molar-refractivity contribution in [2.24, 2.45) is 11.8 Å². The quantitative estimate of drug-likeness (QED) is 0.752. The van der Waals surface area contributed by atoms with Gasteiger partial charge in [0.15, 0.2) is 17.3 Å². The number of allylic oxidation sites excluding steroid dienone is 2. The Labute approximate surface area is 122 Å². The SMILES string of the molecule is COc1cc(CCC(=O)/C=C/C2CC2C(=O)O)ccc1O. The van der Waals surface area contributed by atoms with Gasteiger partial charge in [-0.1, -0.05) is 12.1 Å². The Morgan fingerprint density at radius 1 is 1.43 bits per heavy atom. The number of phenols is 1. The van der Waals surface area contributed by atoms with Gasteiger partial charge in [0.25, 0.3) is 0 Å². The lowest BCUT2D eigenvalue weighted by Gasteiger charge is -2.05. The summed E-state index contributed by atoms with van der Waals surface area (Å²) in [7, 11) is 1.47. The molecule has 1 aromatic rings. The second-order valence-corrected chi connectivity index (χ2v) is 5.18. The molecule has 0 bridgehead atoms. The lowest BCUT2D eigenvalue weighted by atomic mass is 10.1. The van der Waals surface area contributed by atoms with Gasteiger partial charge >= 0.3 is 5.97 Å². The van der Waals surface area contributed by atoms with E-state index >= 15 is 0 Å². The Kier molecular flexibility index (Phi) is 4.62. The maximum absolute atomic E-state index is 11.7. The van der Waals surface area contributed by atoms with E-state index in [1.54, 1.807) is 18.2 Å². The van der Waals surface area contributed by atoms with Gasteiger partial charge in [0, 0.05) is 6.42 Å². The van der Waals surface area contributed by atoms with Gasteiger partial charge < -0.3 is 14.9 Å². The van der Waals surface area contributed by atoms with Crippen molar-refractivity contribution in [1.29, 1.82) is 0 Å². The molecule has 0 saturated heterocycles.